The summed E-state index contributed by atoms with van der Waals surface area (Å²) < 4.78 is 10.3. The van der Waals surface area contributed by atoms with E-state index in [0.29, 0.717) is 5.75 Å². The molecule has 1 heterocycles. The van der Waals surface area contributed by atoms with E-state index in [-0.39, 0.29) is 22.9 Å². The Kier molecular flexibility index (Phi) is 3.98. The Hall–Kier alpha value is -3.16. The largest absolute Gasteiger partial charge is 0.497 e. The molecule has 0 unspecified atom stereocenters. The minimum Gasteiger partial charge on any atom is -0.497 e. The van der Waals surface area contributed by atoms with Crippen LogP contribution in [0.3, 0.4) is 0 Å². The zero-order valence-electron chi connectivity index (χ0n) is 10.8. The zero-order chi connectivity index (χ0) is 15.4. The summed E-state index contributed by atoms with van der Waals surface area (Å²) in [5.74, 6) is -0.937. The highest BCUT2D eigenvalue weighted by molar-refractivity contribution is 5.87. The number of aromatic carboxylic acids is 1. The normalized spacial score (nSPS) is 9.95. The summed E-state index contributed by atoms with van der Waals surface area (Å²) >= 11 is 0. The molecule has 0 fully saturated rings. The van der Waals surface area contributed by atoms with Crippen molar-refractivity contribution in [3.8, 4) is 17.4 Å². The smallest absolute Gasteiger partial charge is 0.335 e. The second-order valence-corrected chi connectivity index (χ2v) is 3.88. The van der Waals surface area contributed by atoms with Gasteiger partial charge >= 0.3 is 11.7 Å². The number of ether oxygens (including phenoxy) is 2. The Balaban J connectivity index is 2.40. The van der Waals surface area contributed by atoms with E-state index in [4.69, 9.17) is 14.6 Å². The molecule has 0 radical (unpaired) electrons. The van der Waals surface area contributed by atoms with Crippen molar-refractivity contribution in [3.05, 3.63) is 52.2 Å². The third-order valence-corrected chi connectivity index (χ3v) is 2.56. The summed E-state index contributed by atoms with van der Waals surface area (Å²) in [4.78, 5) is 25.0. The van der Waals surface area contributed by atoms with Gasteiger partial charge in [0.15, 0.2) is 0 Å². The van der Waals surface area contributed by atoms with Crippen molar-refractivity contribution in [1.82, 2.24) is 4.98 Å². The van der Waals surface area contributed by atoms with Crippen LogP contribution in [0.1, 0.15) is 10.4 Å². The number of carboxylic acid groups (broad SMARTS) is 1. The van der Waals surface area contributed by atoms with Crippen molar-refractivity contribution in [2.24, 2.45) is 0 Å². The van der Waals surface area contributed by atoms with E-state index in [9.17, 15) is 14.9 Å². The van der Waals surface area contributed by atoms with Crippen molar-refractivity contribution < 1.29 is 24.3 Å². The van der Waals surface area contributed by atoms with Crippen molar-refractivity contribution in [1.29, 1.82) is 0 Å². The molecule has 0 spiro atoms. The third-order valence-electron chi connectivity index (χ3n) is 2.56. The Morgan fingerprint density at radius 3 is 2.71 bits per heavy atom. The van der Waals surface area contributed by atoms with E-state index < -0.39 is 10.9 Å². The maximum Gasteiger partial charge on any atom is 0.335 e. The Morgan fingerprint density at radius 2 is 2.10 bits per heavy atom. The quantitative estimate of drug-likeness (QED) is 0.664. The number of carboxylic acids is 1. The molecule has 8 heteroatoms. The van der Waals surface area contributed by atoms with Crippen LogP contribution < -0.4 is 9.47 Å². The van der Waals surface area contributed by atoms with E-state index in [1.807, 2.05) is 0 Å². The molecule has 2 rings (SSSR count). The molecule has 0 saturated heterocycles. The van der Waals surface area contributed by atoms with Gasteiger partial charge in [0.05, 0.1) is 17.6 Å². The van der Waals surface area contributed by atoms with Crippen LogP contribution in [0.5, 0.6) is 17.4 Å². The maximum absolute atomic E-state index is 11.0. The maximum atomic E-state index is 11.0. The number of methoxy groups -OCH3 is 1. The van der Waals surface area contributed by atoms with Gasteiger partial charge in [0.2, 0.25) is 11.6 Å². The molecule has 2 aromatic rings. The van der Waals surface area contributed by atoms with Crippen molar-refractivity contribution in [3.63, 3.8) is 0 Å². The van der Waals surface area contributed by atoms with Gasteiger partial charge in [0.25, 0.3) is 0 Å². The van der Waals surface area contributed by atoms with Crippen LogP contribution in [0.25, 0.3) is 0 Å². The first kappa shape index (κ1) is 14.3. The van der Waals surface area contributed by atoms with Crippen LogP contribution in [-0.2, 0) is 0 Å². The Morgan fingerprint density at radius 1 is 1.33 bits per heavy atom. The van der Waals surface area contributed by atoms with Crippen LogP contribution in [0, 0.1) is 10.1 Å². The number of hydrogen-bond donors (Lipinski definition) is 1. The molecular formula is C13H10N2O6. The lowest BCUT2D eigenvalue weighted by Gasteiger charge is -2.07. The molecule has 0 bridgehead atoms. The van der Waals surface area contributed by atoms with Crippen molar-refractivity contribution >= 4 is 11.7 Å². The summed E-state index contributed by atoms with van der Waals surface area (Å²) in [6.07, 6.45) is 1.24. The van der Waals surface area contributed by atoms with Gasteiger partial charge in [-0.05, 0) is 12.1 Å². The van der Waals surface area contributed by atoms with Crippen LogP contribution in [0.4, 0.5) is 5.69 Å². The fourth-order valence-electron chi connectivity index (χ4n) is 1.56. The first-order valence-corrected chi connectivity index (χ1v) is 5.71. The van der Waals surface area contributed by atoms with Gasteiger partial charge in [-0.15, -0.1) is 0 Å². The third kappa shape index (κ3) is 3.24. The Labute approximate surface area is 118 Å². The predicted molar refractivity (Wildman–Crippen MR) is 70.9 cm³/mol. The molecular weight excluding hydrogens is 280 g/mol. The second kappa shape index (κ2) is 5.87. The number of nitro groups is 1. The average molecular weight is 290 g/mol. The monoisotopic (exact) mass is 290 g/mol. The molecule has 0 atom stereocenters. The molecule has 0 saturated carbocycles. The average Bonchev–Trinajstić information content (AvgIpc) is 2.47. The molecule has 8 nitrogen and oxygen atoms in total. The first-order chi connectivity index (χ1) is 10.0. The van der Waals surface area contributed by atoms with E-state index in [0.717, 1.165) is 0 Å². The molecule has 1 N–H and O–H groups in total. The highest BCUT2D eigenvalue weighted by atomic mass is 16.6. The number of carbonyl (C=O) groups is 1. The molecule has 0 aliphatic rings. The van der Waals surface area contributed by atoms with Gasteiger partial charge in [0.1, 0.15) is 5.75 Å². The fraction of sp³-hybridized carbons (Fsp3) is 0.0769. The molecule has 21 heavy (non-hydrogen) atoms. The lowest BCUT2D eigenvalue weighted by molar-refractivity contribution is -0.385. The molecule has 0 amide bonds. The molecule has 0 aliphatic heterocycles. The topological polar surface area (TPSA) is 112 Å². The number of nitro benzene ring substituents is 1. The lowest BCUT2D eigenvalue weighted by Crippen LogP contribution is -1.99. The highest BCUT2D eigenvalue weighted by Crippen LogP contribution is 2.34. The van der Waals surface area contributed by atoms with Crippen molar-refractivity contribution in [2.75, 3.05) is 7.11 Å². The minimum atomic E-state index is -1.15. The number of hydrogen-bond acceptors (Lipinski definition) is 6. The number of rotatable bonds is 5. The number of aromatic nitrogens is 1. The summed E-state index contributed by atoms with van der Waals surface area (Å²) in [5, 5.41) is 19.8. The predicted octanol–water partition coefficient (Wildman–Crippen LogP) is 2.49. The second-order valence-electron chi connectivity index (χ2n) is 3.88. The summed E-state index contributed by atoms with van der Waals surface area (Å²) in [6, 6.07) is 6.44. The van der Waals surface area contributed by atoms with Crippen LogP contribution >= 0.6 is 0 Å². The highest BCUT2D eigenvalue weighted by Gasteiger charge is 2.18. The van der Waals surface area contributed by atoms with E-state index >= 15 is 0 Å². The van der Waals surface area contributed by atoms with Gasteiger partial charge in [-0.3, -0.25) is 10.1 Å². The minimum absolute atomic E-state index is 0.0365. The van der Waals surface area contributed by atoms with E-state index in [1.54, 1.807) is 0 Å². The van der Waals surface area contributed by atoms with Gasteiger partial charge in [-0.25, -0.2) is 9.78 Å². The summed E-state index contributed by atoms with van der Waals surface area (Å²) in [7, 11) is 1.41. The molecule has 1 aromatic heterocycles. The molecule has 1 aromatic carbocycles. The first-order valence-electron chi connectivity index (χ1n) is 5.71. The molecule has 108 valence electrons. The van der Waals surface area contributed by atoms with Crippen LogP contribution in [0.2, 0.25) is 0 Å². The van der Waals surface area contributed by atoms with Crippen LogP contribution in [0.15, 0.2) is 36.5 Å². The van der Waals surface area contributed by atoms with Crippen LogP contribution in [-0.4, -0.2) is 28.1 Å². The SMILES string of the molecule is COc1ccc([N+](=O)[O-])c(Oc2cc(C(=O)O)ccn2)c1. The number of benzene rings is 1. The zero-order valence-corrected chi connectivity index (χ0v) is 10.8. The summed E-state index contributed by atoms with van der Waals surface area (Å²) in [6.45, 7) is 0. The lowest BCUT2D eigenvalue weighted by atomic mass is 10.2. The Bertz CT molecular complexity index is 701. The van der Waals surface area contributed by atoms with Gasteiger partial charge in [0, 0.05) is 24.4 Å². The number of nitrogens with zero attached hydrogens (tertiary/aromatic N) is 2. The van der Waals surface area contributed by atoms with E-state index in [1.165, 1.54) is 43.6 Å². The molecule has 0 aliphatic carbocycles. The van der Waals surface area contributed by atoms with Gasteiger partial charge in [-0.2, -0.15) is 0 Å². The number of pyridine rings is 1. The summed E-state index contributed by atoms with van der Waals surface area (Å²) in [5.41, 5.74) is -0.316. The fourth-order valence-corrected chi connectivity index (χ4v) is 1.56. The van der Waals surface area contributed by atoms with E-state index in [2.05, 4.69) is 4.98 Å². The standard InChI is InChI=1S/C13H10N2O6/c1-20-9-2-3-10(15(18)19)11(7-9)21-12-6-8(13(16)17)4-5-14-12/h2-7H,1H3,(H,16,17). The van der Waals surface area contributed by atoms with Gasteiger partial charge < -0.3 is 14.6 Å². The van der Waals surface area contributed by atoms with Crippen molar-refractivity contribution in [2.45, 2.75) is 0 Å². The van der Waals surface area contributed by atoms with Gasteiger partial charge in [-0.1, -0.05) is 0 Å².